The van der Waals surface area contributed by atoms with Crippen LogP contribution in [0.5, 0.6) is 0 Å². The maximum atomic E-state index is 12.3. The first-order valence-electron chi connectivity index (χ1n) is 7.18. The van der Waals surface area contributed by atoms with Crippen molar-refractivity contribution in [1.82, 2.24) is 10.3 Å². The maximum absolute atomic E-state index is 12.3. The van der Waals surface area contributed by atoms with Crippen LogP contribution in [-0.4, -0.2) is 41.7 Å². The van der Waals surface area contributed by atoms with Crippen molar-refractivity contribution in [2.45, 2.75) is 39.2 Å². The Morgan fingerprint density at radius 1 is 1.50 bits per heavy atom. The topological polar surface area (TPSA) is 65.5 Å². The smallest absolute Gasteiger partial charge is 0.230 e. The van der Waals surface area contributed by atoms with E-state index in [2.05, 4.69) is 22.1 Å². The molecule has 0 unspecified atom stereocenters. The summed E-state index contributed by atoms with van der Waals surface area (Å²) < 4.78 is 0. The van der Waals surface area contributed by atoms with Crippen molar-refractivity contribution in [3.8, 4) is 0 Å². The van der Waals surface area contributed by atoms with Crippen LogP contribution in [0.4, 0.5) is 5.13 Å². The third kappa shape index (κ3) is 2.11. The molecule has 2 atom stereocenters. The molecule has 1 spiro atoms. The highest BCUT2D eigenvalue weighted by Gasteiger charge is 2.50. The molecular weight excluding hydrogens is 274 g/mol. The van der Waals surface area contributed by atoms with Crippen LogP contribution >= 0.6 is 11.3 Å². The zero-order valence-corrected chi connectivity index (χ0v) is 12.8. The van der Waals surface area contributed by atoms with Crippen LogP contribution in [0.2, 0.25) is 0 Å². The molecule has 1 aromatic heterocycles. The van der Waals surface area contributed by atoms with Crippen molar-refractivity contribution in [1.29, 1.82) is 0 Å². The average Bonchev–Trinajstić information content (AvgIpc) is 2.76. The second-order valence-electron chi connectivity index (χ2n) is 5.88. The number of anilines is 1. The highest BCUT2D eigenvalue weighted by Crippen LogP contribution is 2.39. The zero-order valence-electron chi connectivity index (χ0n) is 12.0. The summed E-state index contributed by atoms with van der Waals surface area (Å²) in [5.74, 6) is 0.00551. The van der Waals surface area contributed by atoms with Gasteiger partial charge in [-0.1, -0.05) is 0 Å². The van der Waals surface area contributed by atoms with E-state index in [-0.39, 0.29) is 5.91 Å². The fourth-order valence-corrected chi connectivity index (χ4v) is 4.13. The van der Waals surface area contributed by atoms with E-state index in [1.807, 2.05) is 6.92 Å². The molecular formula is C14H21N3O2S. The third-order valence-corrected chi connectivity index (χ3v) is 5.74. The minimum absolute atomic E-state index is 0.00551. The van der Waals surface area contributed by atoms with Crippen molar-refractivity contribution in [3.05, 3.63) is 10.6 Å². The standard InChI is InChI=1S/C14H21N3O2S/c1-9-10(2)20-13(16-9)17-7-4-11(18)14(8-17)5-3-6-15-12(14)19/h11,18H,3-8H2,1-2H3,(H,15,19)/t11-,14-/m1/s1. The second-order valence-corrected chi connectivity index (χ2v) is 7.06. The molecule has 0 aromatic carbocycles. The molecule has 3 rings (SSSR count). The maximum Gasteiger partial charge on any atom is 0.230 e. The Morgan fingerprint density at radius 3 is 2.95 bits per heavy atom. The summed E-state index contributed by atoms with van der Waals surface area (Å²) in [5, 5.41) is 14.3. The Balaban J connectivity index is 1.87. The van der Waals surface area contributed by atoms with Crippen LogP contribution in [0.1, 0.15) is 29.8 Å². The van der Waals surface area contributed by atoms with E-state index in [0.29, 0.717) is 13.0 Å². The molecule has 2 saturated heterocycles. The quantitative estimate of drug-likeness (QED) is 0.818. The van der Waals surface area contributed by atoms with Gasteiger partial charge in [-0.25, -0.2) is 4.98 Å². The van der Waals surface area contributed by atoms with Gasteiger partial charge in [0.05, 0.1) is 17.2 Å². The van der Waals surface area contributed by atoms with Crippen molar-refractivity contribution in [2.24, 2.45) is 5.41 Å². The van der Waals surface area contributed by atoms with E-state index in [4.69, 9.17) is 0 Å². The summed E-state index contributed by atoms with van der Waals surface area (Å²) in [7, 11) is 0. The van der Waals surface area contributed by atoms with E-state index in [0.717, 1.165) is 36.8 Å². The number of rotatable bonds is 1. The Labute approximate surface area is 123 Å². The average molecular weight is 295 g/mol. The minimum Gasteiger partial charge on any atom is -0.392 e. The number of carbonyl (C=O) groups excluding carboxylic acids is 1. The van der Waals surface area contributed by atoms with E-state index < -0.39 is 11.5 Å². The van der Waals surface area contributed by atoms with Gasteiger partial charge in [0, 0.05) is 24.5 Å². The number of aromatic nitrogens is 1. The van der Waals surface area contributed by atoms with Gasteiger partial charge in [-0.15, -0.1) is 11.3 Å². The summed E-state index contributed by atoms with van der Waals surface area (Å²) in [4.78, 5) is 20.3. The summed E-state index contributed by atoms with van der Waals surface area (Å²) in [6, 6.07) is 0. The molecule has 6 heteroatoms. The summed E-state index contributed by atoms with van der Waals surface area (Å²) in [6.45, 7) is 6.15. The molecule has 2 fully saturated rings. The largest absolute Gasteiger partial charge is 0.392 e. The highest BCUT2D eigenvalue weighted by molar-refractivity contribution is 7.15. The zero-order chi connectivity index (χ0) is 14.3. The molecule has 0 aliphatic carbocycles. The number of aryl methyl sites for hydroxylation is 2. The number of nitrogens with zero attached hydrogens (tertiary/aromatic N) is 2. The lowest BCUT2D eigenvalue weighted by molar-refractivity contribution is -0.142. The molecule has 5 nitrogen and oxygen atoms in total. The number of aliphatic hydroxyl groups excluding tert-OH is 1. The molecule has 1 aromatic rings. The number of carbonyl (C=O) groups is 1. The van der Waals surface area contributed by atoms with Crippen LogP contribution in [0.3, 0.4) is 0 Å². The Kier molecular flexibility index (Phi) is 3.46. The van der Waals surface area contributed by atoms with Gasteiger partial charge in [0.25, 0.3) is 0 Å². The van der Waals surface area contributed by atoms with Gasteiger partial charge in [0.15, 0.2) is 5.13 Å². The van der Waals surface area contributed by atoms with Crippen molar-refractivity contribution in [3.63, 3.8) is 0 Å². The monoisotopic (exact) mass is 295 g/mol. The fourth-order valence-electron chi connectivity index (χ4n) is 3.20. The number of hydrogen-bond acceptors (Lipinski definition) is 5. The summed E-state index contributed by atoms with van der Waals surface area (Å²) >= 11 is 1.67. The minimum atomic E-state index is -0.649. The number of hydrogen-bond donors (Lipinski definition) is 2. The second kappa shape index (κ2) is 5.00. The first-order chi connectivity index (χ1) is 9.53. The highest BCUT2D eigenvalue weighted by atomic mass is 32.1. The Morgan fingerprint density at radius 2 is 2.30 bits per heavy atom. The lowest BCUT2D eigenvalue weighted by atomic mass is 9.71. The lowest BCUT2D eigenvalue weighted by Crippen LogP contribution is -2.61. The van der Waals surface area contributed by atoms with Crippen LogP contribution in [0.25, 0.3) is 0 Å². The number of aliphatic hydroxyl groups is 1. The van der Waals surface area contributed by atoms with E-state index in [1.54, 1.807) is 11.3 Å². The Hall–Kier alpha value is -1.14. The van der Waals surface area contributed by atoms with Crippen LogP contribution in [0, 0.1) is 19.3 Å². The van der Waals surface area contributed by atoms with Gasteiger partial charge in [-0.2, -0.15) is 0 Å². The first-order valence-corrected chi connectivity index (χ1v) is 8.00. The van der Waals surface area contributed by atoms with E-state index >= 15 is 0 Å². The van der Waals surface area contributed by atoms with Crippen molar-refractivity contribution < 1.29 is 9.90 Å². The third-order valence-electron chi connectivity index (χ3n) is 4.61. The molecule has 2 N–H and O–H groups in total. The van der Waals surface area contributed by atoms with Crippen LogP contribution in [-0.2, 0) is 4.79 Å². The number of piperidine rings is 2. The van der Waals surface area contributed by atoms with Gasteiger partial charge in [-0.3, -0.25) is 4.79 Å². The fraction of sp³-hybridized carbons (Fsp3) is 0.714. The first kappa shape index (κ1) is 13.8. The van der Waals surface area contributed by atoms with E-state index in [9.17, 15) is 9.90 Å². The van der Waals surface area contributed by atoms with Crippen molar-refractivity contribution >= 4 is 22.4 Å². The molecule has 2 aliphatic heterocycles. The molecule has 2 aliphatic rings. The molecule has 110 valence electrons. The summed E-state index contributed by atoms with van der Waals surface area (Å²) in [5.41, 5.74) is 0.405. The Bertz CT molecular complexity index is 511. The number of thiazole rings is 1. The van der Waals surface area contributed by atoms with Gasteiger partial charge in [0.2, 0.25) is 5.91 Å². The van der Waals surface area contributed by atoms with Gasteiger partial charge in [0.1, 0.15) is 0 Å². The molecule has 0 radical (unpaired) electrons. The molecule has 1 amide bonds. The number of amides is 1. The normalized spacial score (nSPS) is 30.6. The van der Waals surface area contributed by atoms with Gasteiger partial charge in [-0.05, 0) is 33.1 Å². The molecule has 20 heavy (non-hydrogen) atoms. The predicted molar refractivity (Wildman–Crippen MR) is 79.1 cm³/mol. The van der Waals surface area contributed by atoms with Crippen LogP contribution in [0.15, 0.2) is 0 Å². The lowest BCUT2D eigenvalue weighted by Gasteiger charge is -2.46. The predicted octanol–water partition coefficient (Wildman–Crippen LogP) is 1.23. The molecule has 0 saturated carbocycles. The SMILES string of the molecule is Cc1nc(N2CC[C@@H](O)[C@@]3(CCCNC3=O)C2)sc1C. The van der Waals surface area contributed by atoms with Gasteiger partial charge >= 0.3 is 0 Å². The van der Waals surface area contributed by atoms with Gasteiger partial charge < -0.3 is 15.3 Å². The van der Waals surface area contributed by atoms with E-state index in [1.165, 1.54) is 4.88 Å². The molecule has 0 bridgehead atoms. The van der Waals surface area contributed by atoms with Crippen molar-refractivity contribution in [2.75, 3.05) is 24.5 Å². The summed E-state index contributed by atoms with van der Waals surface area (Å²) in [6.07, 6.45) is 1.79. The van der Waals surface area contributed by atoms with Crippen LogP contribution < -0.4 is 10.2 Å². The number of nitrogens with one attached hydrogen (secondary N) is 1. The molecule has 3 heterocycles.